The molecule has 2 aliphatic rings. The molecule has 3 atom stereocenters. The van der Waals surface area contributed by atoms with Crippen molar-refractivity contribution in [2.75, 3.05) is 12.4 Å². The average Bonchev–Trinajstić information content (AvgIpc) is 3.10. The molecule has 1 saturated heterocycles. The monoisotopic (exact) mass is 446 g/mol. The molecular formula is C15H15BrN2O5S2. The Bertz CT molecular complexity index is 738. The largest absolute Gasteiger partial charge is 0.479 e. The van der Waals surface area contributed by atoms with E-state index in [1.807, 2.05) is 17.5 Å². The van der Waals surface area contributed by atoms with Gasteiger partial charge in [0.05, 0.1) is 6.42 Å². The van der Waals surface area contributed by atoms with E-state index in [-0.39, 0.29) is 12.3 Å². The van der Waals surface area contributed by atoms with Gasteiger partial charge in [-0.3, -0.25) is 9.59 Å². The van der Waals surface area contributed by atoms with Crippen LogP contribution < -0.4 is 5.32 Å². The molecule has 0 saturated carbocycles. The summed E-state index contributed by atoms with van der Waals surface area (Å²) in [7, 11) is 1.33. The first kappa shape index (κ1) is 18.4. The molecule has 7 nitrogen and oxygen atoms in total. The summed E-state index contributed by atoms with van der Waals surface area (Å²) < 4.78 is 5.37. The fraction of sp³-hybridized carbons (Fsp3) is 0.400. The van der Waals surface area contributed by atoms with E-state index in [4.69, 9.17) is 4.74 Å². The van der Waals surface area contributed by atoms with E-state index in [0.29, 0.717) is 10.9 Å². The third-order valence-electron chi connectivity index (χ3n) is 4.08. The minimum absolute atomic E-state index is 0.137. The number of methoxy groups -OCH3 is 1. The zero-order valence-electron chi connectivity index (χ0n) is 13.1. The Morgan fingerprint density at radius 3 is 2.84 bits per heavy atom. The molecule has 10 heteroatoms. The van der Waals surface area contributed by atoms with Crippen LogP contribution in [0.2, 0.25) is 0 Å². The van der Waals surface area contributed by atoms with Gasteiger partial charge in [-0.05, 0) is 22.4 Å². The van der Waals surface area contributed by atoms with Crippen molar-refractivity contribution in [3.63, 3.8) is 0 Å². The van der Waals surface area contributed by atoms with Gasteiger partial charge in [0.25, 0.3) is 11.6 Å². The Morgan fingerprint density at radius 1 is 1.52 bits per heavy atom. The molecule has 134 valence electrons. The summed E-state index contributed by atoms with van der Waals surface area (Å²) in [6.45, 7) is 0. The highest BCUT2D eigenvalue weighted by Crippen LogP contribution is 2.46. The number of aliphatic carboxylic acids is 1. The maximum Gasteiger partial charge on any atom is 0.330 e. The molecule has 2 unspecified atom stereocenters. The van der Waals surface area contributed by atoms with Crippen LogP contribution in [0.15, 0.2) is 28.5 Å². The Balaban J connectivity index is 1.81. The first-order valence-electron chi connectivity index (χ1n) is 7.29. The lowest BCUT2D eigenvalue weighted by Gasteiger charge is -2.57. The minimum Gasteiger partial charge on any atom is -0.479 e. The predicted molar refractivity (Wildman–Crippen MR) is 97.4 cm³/mol. The number of alkyl halides is 1. The summed E-state index contributed by atoms with van der Waals surface area (Å²) in [5, 5.41) is 15.4. The molecule has 1 aromatic heterocycles. The number of carbonyl (C=O) groups excluding carboxylic acids is 2. The van der Waals surface area contributed by atoms with Crippen LogP contribution in [0, 0.1) is 0 Å². The number of thiophene rings is 1. The van der Waals surface area contributed by atoms with Gasteiger partial charge >= 0.3 is 5.97 Å². The van der Waals surface area contributed by atoms with Crippen molar-refractivity contribution in [2.24, 2.45) is 0 Å². The van der Waals surface area contributed by atoms with E-state index in [1.54, 1.807) is 5.41 Å². The van der Waals surface area contributed by atoms with Gasteiger partial charge < -0.3 is 20.1 Å². The summed E-state index contributed by atoms with van der Waals surface area (Å²) in [5.41, 5.74) is -0.960. The van der Waals surface area contributed by atoms with Crippen molar-refractivity contribution in [1.82, 2.24) is 10.2 Å². The number of nitrogens with one attached hydrogen (secondary N) is 1. The van der Waals surface area contributed by atoms with Gasteiger partial charge in [0.1, 0.15) is 5.37 Å². The van der Waals surface area contributed by atoms with Crippen molar-refractivity contribution in [3.05, 3.63) is 33.4 Å². The van der Waals surface area contributed by atoms with Gasteiger partial charge in [0.2, 0.25) is 5.91 Å². The normalized spacial score (nSPS) is 28.0. The number of nitrogens with zero attached hydrogens (tertiary/aromatic N) is 1. The maximum atomic E-state index is 12.7. The zero-order valence-corrected chi connectivity index (χ0v) is 16.3. The van der Waals surface area contributed by atoms with Crippen LogP contribution in [-0.4, -0.2) is 57.4 Å². The average molecular weight is 447 g/mol. The highest BCUT2D eigenvalue weighted by molar-refractivity contribution is 9.09. The number of amides is 2. The third-order valence-corrected chi connectivity index (χ3v) is 6.86. The van der Waals surface area contributed by atoms with Crippen molar-refractivity contribution < 1.29 is 24.2 Å². The molecule has 2 aliphatic heterocycles. The topological polar surface area (TPSA) is 95.9 Å². The summed E-state index contributed by atoms with van der Waals surface area (Å²) in [4.78, 5) is 38.8. The number of carboxylic acid groups (broad SMARTS) is 1. The number of rotatable bonds is 6. The third kappa shape index (κ3) is 3.01. The highest BCUT2D eigenvalue weighted by atomic mass is 79.9. The van der Waals surface area contributed by atoms with Gasteiger partial charge in [-0.2, -0.15) is 0 Å². The number of ether oxygens (including phenoxy) is 1. The van der Waals surface area contributed by atoms with Crippen LogP contribution in [0.5, 0.6) is 0 Å². The van der Waals surface area contributed by atoms with Gasteiger partial charge in [0.15, 0.2) is 6.04 Å². The second-order valence-electron chi connectivity index (χ2n) is 5.51. The highest BCUT2D eigenvalue weighted by Gasteiger charge is 2.67. The number of fused-ring (bicyclic) bond motifs is 1. The van der Waals surface area contributed by atoms with Crippen LogP contribution in [0.3, 0.4) is 0 Å². The molecule has 1 fully saturated rings. The quantitative estimate of drug-likeness (QED) is 0.389. The van der Waals surface area contributed by atoms with Gasteiger partial charge in [0, 0.05) is 17.3 Å². The van der Waals surface area contributed by atoms with Gasteiger partial charge in [-0.25, -0.2) is 4.79 Å². The Morgan fingerprint density at radius 2 is 2.28 bits per heavy atom. The predicted octanol–water partition coefficient (Wildman–Crippen LogP) is 1.40. The van der Waals surface area contributed by atoms with Crippen LogP contribution in [0.4, 0.5) is 0 Å². The Hall–Kier alpha value is -1.36. The van der Waals surface area contributed by atoms with Crippen LogP contribution in [0.1, 0.15) is 4.88 Å². The van der Waals surface area contributed by atoms with Crippen molar-refractivity contribution in [2.45, 2.75) is 23.6 Å². The number of carboxylic acids is 1. The number of carbonyl (C=O) groups is 3. The van der Waals surface area contributed by atoms with Gasteiger partial charge in [-0.15, -0.1) is 23.1 Å². The number of hydrogen-bond acceptors (Lipinski definition) is 6. The number of hydrogen-bond donors (Lipinski definition) is 2. The maximum absolute atomic E-state index is 12.7. The molecule has 25 heavy (non-hydrogen) atoms. The molecule has 2 amide bonds. The molecule has 0 bridgehead atoms. The number of thioether (sulfide) groups is 1. The van der Waals surface area contributed by atoms with Gasteiger partial charge in [-0.1, -0.05) is 22.0 Å². The Labute approximate surface area is 160 Å². The van der Waals surface area contributed by atoms with E-state index in [9.17, 15) is 19.5 Å². The summed E-state index contributed by atoms with van der Waals surface area (Å²) in [5.74, 6) is -2.01. The molecule has 0 spiro atoms. The summed E-state index contributed by atoms with van der Waals surface area (Å²) >= 11 is 5.96. The van der Waals surface area contributed by atoms with E-state index in [1.165, 1.54) is 35.1 Å². The number of β-lactam (4-membered cyclic amide) rings is 1. The van der Waals surface area contributed by atoms with Crippen molar-refractivity contribution in [3.8, 4) is 0 Å². The fourth-order valence-electron chi connectivity index (χ4n) is 2.90. The lowest BCUT2D eigenvalue weighted by molar-refractivity contribution is -0.201. The summed E-state index contributed by atoms with van der Waals surface area (Å²) in [6.07, 6.45) is 0.137. The summed E-state index contributed by atoms with van der Waals surface area (Å²) in [6, 6.07) is 2.62. The molecule has 1 aromatic rings. The number of halogens is 1. The lowest BCUT2D eigenvalue weighted by Crippen LogP contribution is -2.83. The van der Waals surface area contributed by atoms with Crippen LogP contribution in [0.25, 0.3) is 0 Å². The van der Waals surface area contributed by atoms with E-state index in [2.05, 4.69) is 21.2 Å². The molecular weight excluding hydrogens is 432 g/mol. The standard InChI is InChI=1S/C15H15BrN2O5S2/c1-23-15(17-10(19)5-9-3-2-4-24-9)13(22)18-11(12(20)21)8(6-16)7-25-14(15)18/h2-4,7,11,14H,5-6H2,1H3,(H,17,19)(H,20,21)/t11?,14-,15?/m0/s1. The van der Waals surface area contributed by atoms with Crippen molar-refractivity contribution >= 4 is 56.8 Å². The van der Waals surface area contributed by atoms with E-state index in [0.717, 1.165) is 4.88 Å². The smallest absolute Gasteiger partial charge is 0.330 e. The lowest BCUT2D eigenvalue weighted by atomic mass is 9.95. The molecule has 0 aromatic carbocycles. The second kappa shape index (κ2) is 7.10. The molecule has 3 rings (SSSR count). The van der Waals surface area contributed by atoms with Crippen LogP contribution >= 0.6 is 39.0 Å². The molecule has 2 N–H and O–H groups in total. The van der Waals surface area contributed by atoms with E-state index >= 15 is 0 Å². The van der Waals surface area contributed by atoms with Crippen molar-refractivity contribution in [1.29, 1.82) is 0 Å². The second-order valence-corrected chi connectivity index (χ2v) is 8.06. The SMILES string of the molecule is COC1(NC(=O)Cc2cccs2)C(=O)N2C(C(=O)O)C(CBr)=CS[C@H]21. The van der Waals surface area contributed by atoms with Crippen LogP contribution in [-0.2, 0) is 25.5 Å². The molecule has 0 radical (unpaired) electrons. The first-order chi connectivity index (χ1) is 11.9. The molecule has 0 aliphatic carbocycles. The first-order valence-corrected chi connectivity index (χ1v) is 10.2. The zero-order chi connectivity index (χ0) is 18.2. The minimum atomic E-state index is -1.54. The fourth-order valence-corrected chi connectivity index (χ4v) is 5.60. The molecule has 3 heterocycles. The van der Waals surface area contributed by atoms with E-state index < -0.39 is 29.0 Å². The Kier molecular flexibility index (Phi) is 5.24.